The second-order valence-electron chi connectivity index (χ2n) is 7.72. The molecular formula is C22H30N4O3. The monoisotopic (exact) mass is 398 g/mol. The van der Waals surface area contributed by atoms with Gasteiger partial charge in [0, 0.05) is 27.2 Å². The van der Waals surface area contributed by atoms with Gasteiger partial charge in [-0.2, -0.15) is 0 Å². The first-order valence-electron chi connectivity index (χ1n) is 10.3. The minimum atomic E-state index is -0.955. The number of imide groups is 1. The molecule has 0 radical (unpaired) electrons. The van der Waals surface area contributed by atoms with Crippen LogP contribution in [-0.2, 0) is 9.59 Å². The molecule has 2 atom stereocenters. The van der Waals surface area contributed by atoms with Gasteiger partial charge < -0.3 is 9.80 Å². The summed E-state index contributed by atoms with van der Waals surface area (Å²) in [5, 5.41) is 3.29. The summed E-state index contributed by atoms with van der Waals surface area (Å²) in [7, 11) is 3.05. The molecule has 0 saturated carbocycles. The number of amides is 3. The van der Waals surface area contributed by atoms with Crippen LogP contribution in [0, 0.1) is 5.92 Å². The van der Waals surface area contributed by atoms with Crippen molar-refractivity contribution in [3.63, 3.8) is 0 Å². The number of hydrogen-bond acceptors (Lipinski definition) is 5. The van der Waals surface area contributed by atoms with E-state index in [2.05, 4.69) is 10.2 Å². The van der Waals surface area contributed by atoms with Crippen molar-refractivity contribution in [2.24, 2.45) is 5.92 Å². The number of hydrogen-bond donors (Lipinski definition) is 1. The number of nitrogens with zero attached hydrogens (tertiary/aromatic N) is 3. The number of ketones is 1. The third kappa shape index (κ3) is 5.10. The molecular weight excluding hydrogens is 368 g/mol. The molecule has 1 aromatic rings. The first kappa shape index (κ1) is 21.2. The molecule has 1 N–H and O–H groups in total. The Labute approximate surface area is 172 Å². The molecule has 7 nitrogen and oxygen atoms in total. The number of benzene rings is 1. The highest BCUT2D eigenvalue weighted by molar-refractivity contribution is 6.13. The number of nitrogens with one attached hydrogen (secondary N) is 1. The standard InChI is InChI=1S/C22H30N4O3/c1-24-20(23-13-16-26-14-7-4-8-15-26)19(21(28)25(2)22(24)29)18(27)12-11-17-9-5-3-6-10-17/h3,5-6,9-12,19-20,23H,4,7-8,13-16H2,1-2H3/b12-11+. The summed E-state index contributed by atoms with van der Waals surface area (Å²) in [5.41, 5.74) is 0.886. The molecule has 1 aromatic carbocycles. The molecule has 0 aromatic heterocycles. The minimum absolute atomic E-state index is 0.305. The fourth-order valence-corrected chi connectivity index (χ4v) is 3.95. The van der Waals surface area contributed by atoms with Crippen LogP contribution in [0.25, 0.3) is 6.08 Å². The topological polar surface area (TPSA) is 73.0 Å². The van der Waals surface area contributed by atoms with Gasteiger partial charge >= 0.3 is 6.03 Å². The third-order valence-corrected chi connectivity index (χ3v) is 5.69. The number of carbonyl (C=O) groups excluding carboxylic acids is 3. The molecule has 156 valence electrons. The summed E-state index contributed by atoms with van der Waals surface area (Å²) in [6, 6.07) is 9.07. The van der Waals surface area contributed by atoms with E-state index in [0.717, 1.165) is 30.1 Å². The molecule has 2 saturated heterocycles. The van der Waals surface area contributed by atoms with E-state index in [-0.39, 0.29) is 5.78 Å². The lowest BCUT2D eigenvalue weighted by atomic mass is 9.94. The fraction of sp³-hybridized carbons (Fsp3) is 0.500. The van der Waals surface area contributed by atoms with Gasteiger partial charge in [0.1, 0.15) is 12.1 Å². The van der Waals surface area contributed by atoms with Crippen LogP contribution in [-0.4, -0.2) is 78.9 Å². The van der Waals surface area contributed by atoms with E-state index in [1.165, 1.54) is 37.3 Å². The van der Waals surface area contributed by atoms with Crippen molar-refractivity contribution in [2.75, 3.05) is 40.3 Å². The molecule has 0 aliphatic carbocycles. The zero-order chi connectivity index (χ0) is 20.8. The maximum atomic E-state index is 12.9. The predicted octanol–water partition coefficient (Wildman–Crippen LogP) is 1.81. The van der Waals surface area contributed by atoms with Gasteiger partial charge in [-0.1, -0.05) is 42.8 Å². The van der Waals surface area contributed by atoms with E-state index < -0.39 is 24.0 Å². The van der Waals surface area contributed by atoms with E-state index in [1.807, 2.05) is 30.3 Å². The van der Waals surface area contributed by atoms with Crippen molar-refractivity contribution >= 4 is 23.8 Å². The van der Waals surface area contributed by atoms with Crippen molar-refractivity contribution < 1.29 is 14.4 Å². The van der Waals surface area contributed by atoms with Crippen molar-refractivity contribution in [2.45, 2.75) is 25.4 Å². The van der Waals surface area contributed by atoms with Crippen LogP contribution in [0.15, 0.2) is 36.4 Å². The van der Waals surface area contributed by atoms with E-state index in [4.69, 9.17) is 0 Å². The first-order chi connectivity index (χ1) is 14.0. The van der Waals surface area contributed by atoms with Crippen LogP contribution < -0.4 is 5.32 Å². The highest BCUT2D eigenvalue weighted by Crippen LogP contribution is 2.21. The summed E-state index contributed by atoms with van der Waals surface area (Å²) in [6.45, 7) is 3.60. The van der Waals surface area contributed by atoms with E-state index in [0.29, 0.717) is 6.54 Å². The maximum Gasteiger partial charge on any atom is 0.327 e. The van der Waals surface area contributed by atoms with Crippen LogP contribution in [0.1, 0.15) is 24.8 Å². The van der Waals surface area contributed by atoms with E-state index in [1.54, 1.807) is 13.1 Å². The number of urea groups is 1. The van der Waals surface area contributed by atoms with Gasteiger partial charge in [0.25, 0.3) is 0 Å². The Balaban J connectivity index is 1.70. The van der Waals surface area contributed by atoms with Gasteiger partial charge in [-0.25, -0.2) is 4.79 Å². The Morgan fingerprint density at radius 2 is 1.79 bits per heavy atom. The Morgan fingerprint density at radius 1 is 1.10 bits per heavy atom. The molecule has 0 bridgehead atoms. The van der Waals surface area contributed by atoms with Crippen LogP contribution >= 0.6 is 0 Å². The summed E-state index contributed by atoms with van der Waals surface area (Å²) >= 11 is 0. The molecule has 3 rings (SSSR count). The Hall–Kier alpha value is -2.51. The molecule has 0 spiro atoms. The number of carbonyl (C=O) groups is 3. The van der Waals surface area contributed by atoms with Crippen molar-refractivity contribution in [3.8, 4) is 0 Å². The molecule has 2 aliphatic heterocycles. The third-order valence-electron chi connectivity index (χ3n) is 5.69. The summed E-state index contributed by atoms with van der Waals surface area (Å²) in [6.07, 6.45) is 6.18. The highest BCUT2D eigenvalue weighted by Gasteiger charge is 2.46. The normalized spacial score (nSPS) is 23.8. The number of likely N-dealkylation sites (tertiary alicyclic amines) is 1. The van der Waals surface area contributed by atoms with Crippen LogP contribution in [0.5, 0.6) is 0 Å². The van der Waals surface area contributed by atoms with Crippen molar-refractivity contribution in [3.05, 3.63) is 42.0 Å². The average molecular weight is 399 g/mol. The van der Waals surface area contributed by atoms with Gasteiger partial charge in [-0.15, -0.1) is 0 Å². The molecule has 3 amide bonds. The Kier molecular flexibility index (Phi) is 7.17. The number of allylic oxidation sites excluding steroid dienone is 1. The number of rotatable bonds is 7. The highest BCUT2D eigenvalue weighted by atomic mass is 16.2. The molecule has 2 unspecified atom stereocenters. The van der Waals surface area contributed by atoms with Gasteiger partial charge in [0.2, 0.25) is 5.91 Å². The maximum absolute atomic E-state index is 12.9. The van der Waals surface area contributed by atoms with Crippen molar-refractivity contribution in [1.82, 2.24) is 20.0 Å². The second kappa shape index (κ2) is 9.80. The zero-order valence-electron chi connectivity index (χ0n) is 17.2. The molecule has 2 fully saturated rings. The first-order valence-corrected chi connectivity index (χ1v) is 10.3. The second-order valence-corrected chi connectivity index (χ2v) is 7.72. The minimum Gasteiger partial charge on any atom is -0.311 e. The smallest absolute Gasteiger partial charge is 0.311 e. The summed E-state index contributed by atoms with van der Waals surface area (Å²) in [4.78, 5) is 43.0. The van der Waals surface area contributed by atoms with E-state index >= 15 is 0 Å². The molecule has 7 heteroatoms. The van der Waals surface area contributed by atoms with Crippen molar-refractivity contribution in [1.29, 1.82) is 0 Å². The van der Waals surface area contributed by atoms with Crippen LogP contribution in [0.2, 0.25) is 0 Å². The summed E-state index contributed by atoms with van der Waals surface area (Å²) < 4.78 is 0. The van der Waals surface area contributed by atoms with Gasteiger partial charge in [-0.05, 0) is 37.6 Å². The lowest BCUT2D eigenvalue weighted by Gasteiger charge is -2.41. The molecule has 29 heavy (non-hydrogen) atoms. The lowest BCUT2D eigenvalue weighted by Crippen LogP contribution is -2.65. The van der Waals surface area contributed by atoms with Gasteiger partial charge in [0.15, 0.2) is 5.78 Å². The largest absolute Gasteiger partial charge is 0.327 e. The summed E-state index contributed by atoms with van der Waals surface area (Å²) in [5.74, 6) is -1.73. The Morgan fingerprint density at radius 3 is 2.48 bits per heavy atom. The van der Waals surface area contributed by atoms with Crippen LogP contribution in [0.4, 0.5) is 4.79 Å². The van der Waals surface area contributed by atoms with Gasteiger partial charge in [0.05, 0.1) is 0 Å². The van der Waals surface area contributed by atoms with Gasteiger partial charge in [-0.3, -0.25) is 19.8 Å². The van der Waals surface area contributed by atoms with Crippen LogP contribution in [0.3, 0.4) is 0 Å². The SMILES string of the molecule is CN1C(=O)C(C(=O)/C=C/c2ccccc2)C(NCCN2CCCCC2)N(C)C1=O. The van der Waals surface area contributed by atoms with E-state index in [9.17, 15) is 14.4 Å². The predicted molar refractivity (Wildman–Crippen MR) is 112 cm³/mol. The quantitative estimate of drug-likeness (QED) is 0.560. The fourth-order valence-electron chi connectivity index (χ4n) is 3.95. The molecule has 2 aliphatic rings. The molecule has 2 heterocycles. The lowest BCUT2D eigenvalue weighted by molar-refractivity contribution is -0.143. The zero-order valence-corrected chi connectivity index (χ0v) is 17.2. The Bertz CT molecular complexity index is 759. The number of piperidine rings is 1. The average Bonchev–Trinajstić information content (AvgIpc) is 2.75.